The number of hydrogen-bond donors (Lipinski definition) is 3. The van der Waals surface area contributed by atoms with Gasteiger partial charge in [-0.3, -0.25) is 0 Å². The van der Waals surface area contributed by atoms with Crippen molar-refractivity contribution < 1.29 is 14.6 Å². The third-order valence-corrected chi connectivity index (χ3v) is 9.13. The monoisotopic (exact) mass is 403 g/mol. The number of amides is 2. The van der Waals surface area contributed by atoms with E-state index in [0.717, 1.165) is 70.9 Å². The van der Waals surface area contributed by atoms with E-state index in [-0.39, 0.29) is 12.1 Å². The number of ether oxygens (including phenoxy) is 1. The van der Waals surface area contributed by atoms with Crippen molar-refractivity contribution in [2.45, 2.75) is 107 Å². The van der Waals surface area contributed by atoms with Gasteiger partial charge in [-0.25, -0.2) is 4.79 Å². The van der Waals surface area contributed by atoms with Crippen LogP contribution in [0.1, 0.15) is 70.6 Å². The number of carbonyl (C=O) groups excluding carboxylic acids is 1. The lowest BCUT2D eigenvalue weighted by atomic mass is 9.52. The molecule has 3 heterocycles. The molecule has 7 aliphatic rings. The van der Waals surface area contributed by atoms with E-state index in [1.54, 1.807) is 0 Å². The summed E-state index contributed by atoms with van der Waals surface area (Å²) in [6.07, 6.45) is 12.4. The average molecular weight is 404 g/mol. The van der Waals surface area contributed by atoms with E-state index in [1.165, 1.54) is 12.8 Å². The Morgan fingerprint density at radius 3 is 2.21 bits per heavy atom. The largest absolute Gasteiger partial charge is 0.390 e. The van der Waals surface area contributed by atoms with Crippen molar-refractivity contribution in [1.82, 2.24) is 15.5 Å². The molecule has 5 atom stereocenters. The number of nitrogens with zero attached hydrogens (tertiary/aromatic N) is 1. The molecule has 0 aromatic heterocycles. The van der Waals surface area contributed by atoms with Crippen molar-refractivity contribution in [3.05, 3.63) is 0 Å². The second-order valence-electron chi connectivity index (χ2n) is 11.1. The minimum absolute atomic E-state index is 0.169. The van der Waals surface area contributed by atoms with E-state index < -0.39 is 5.60 Å². The third-order valence-electron chi connectivity index (χ3n) is 9.13. The maximum absolute atomic E-state index is 13.3. The average Bonchev–Trinajstić information content (AvgIpc) is 2.95. The molecule has 0 aromatic carbocycles. The molecule has 0 radical (unpaired) electrons. The maximum atomic E-state index is 13.3. The summed E-state index contributed by atoms with van der Waals surface area (Å²) in [5.41, 5.74) is -0.429. The molecule has 3 aliphatic heterocycles. The van der Waals surface area contributed by atoms with Gasteiger partial charge >= 0.3 is 6.03 Å². The van der Waals surface area contributed by atoms with Crippen LogP contribution in [0.15, 0.2) is 0 Å². The SMILES string of the molecule is O=C(NC1C2CC3CC1CC(O)(C3)C2)N1[C@@H]2CC[C@H]1CC(OC1CCNCC1)C2. The highest BCUT2D eigenvalue weighted by molar-refractivity contribution is 5.76. The van der Waals surface area contributed by atoms with Gasteiger partial charge in [0.1, 0.15) is 0 Å². The molecule has 3 saturated heterocycles. The molecule has 162 valence electrons. The quantitative estimate of drug-likeness (QED) is 0.677. The minimum Gasteiger partial charge on any atom is -0.390 e. The number of urea groups is 1. The number of piperidine rings is 2. The Hall–Kier alpha value is -0.850. The molecule has 0 aromatic rings. The van der Waals surface area contributed by atoms with Gasteiger partial charge in [0.25, 0.3) is 0 Å². The number of carbonyl (C=O) groups is 1. The van der Waals surface area contributed by atoms with Crippen LogP contribution in [0.5, 0.6) is 0 Å². The van der Waals surface area contributed by atoms with Crippen LogP contribution in [0.4, 0.5) is 4.79 Å². The first-order chi connectivity index (χ1) is 14.1. The van der Waals surface area contributed by atoms with Crippen LogP contribution >= 0.6 is 0 Å². The molecule has 3 unspecified atom stereocenters. The van der Waals surface area contributed by atoms with Crippen molar-refractivity contribution in [2.75, 3.05) is 13.1 Å². The Bertz CT molecular complexity index is 621. The van der Waals surface area contributed by atoms with Gasteiger partial charge in [-0.05, 0) is 101 Å². The van der Waals surface area contributed by atoms with Crippen LogP contribution < -0.4 is 10.6 Å². The lowest BCUT2D eigenvalue weighted by Gasteiger charge is -2.58. The third kappa shape index (κ3) is 3.39. The van der Waals surface area contributed by atoms with E-state index in [2.05, 4.69) is 15.5 Å². The van der Waals surface area contributed by atoms with Gasteiger partial charge in [0.05, 0.1) is 17.8 Å². The summed E-state index contributed by atoms with van der Waals surface area (Å²) in [5, 5.41) is 17.7. The molecule has 3 N–H and O–H groups in total. The van der Waals surface area contributed by atoms with Gasteiger partial charge < -0.3 is 25.4 Å². The Kier molecular flexibility index (Phi) is 4.62. The number of aliphatic hydroxyl groups is 1. The standard InChI is InChI=1S/C23H37N3O3/c27-22(25-21-15-7-14-8-16(21)13-23(28,11-14)12-15)26-17-1-2-18(26)10-20(9-17)29-19-3-5-24-6-4-19/h14-21,24,28H,1-13H2,(H,25,27)/t14?,15?,16?,17-,18+,20?,21?,23?. The molecule has 4 aliphatic carbocycles. The summed E-state index contributed by atoms with van der Waals surface area (Å²) < 4.78 is 6.45. The molecule has 7 fully saturated rings. The maximum Gasteiger partial charge on any atom is 0.318 e. The number of fused-ring (bicyclic) bond motifs is 2. The molecule has 6 bridgehead atoms. The minimum atomic E-state index is -0.429. The predicted octanol–water partition coefficient (Wildman–Crippen LogP) is 2.40. The summed E-state index contributed by atoms with van der Waals surface area (Å²) in [6, 6.07) is 1.15. The number of nitrogens with one attached hydrogen (secondary N) is 2. The summed E-state index contributed by atoms with van der Waals surface area (Å²) in [4.78, 5) is 15.5. The summed E-state index contributed by atoms with van der Waals surface area (Å²) in [6.45, 7) is 2.14. The van der Waals surface area contributed by atoms with E-state index in [0.29, 0.717) is 42.0 Å². The Balaban J connectivity index is 1.08. The molecule has 6 heteroatoms. The summed E-state index contributed by atoms with van der Waals surface area (Å²) in [5.74, 6) is 1.65. The Labute approximate surface area is 174 Å². The van der Waals surface area contributed by atoms with Gasteiger partial charge in [0.2, 0.25) is 0 Å². The first-order valence-electron chi connectivity index (χ1n) is 12.2. The summed E-state index contributed by atoms with van der Waals surface area (Å²) in [7, 11) is 0. The zero-order valence-corrected chi connectivity index (χ0v) is 17.5. The fourth-order valence-electron chi connectivity index (χ4n) is 8.21. The highest BCUT2D eigenvalue weighted by atomic mass is 16.5. The van der Waals surface area contributed by atoms with Gasteiger partial charge in [0, 0.05) is 18.1 Å². The van der Waals surface area contributed by atoms with Gasteiger partial charge in [-0.2, -0.15) is 0 Å². The molecular weight excluding hydrogens is 366 g/mol. The Morgan fingerprint density at radius 2 is 1.59 bits per heavy atom. The zero-order chi connectivity index (χ0) is 19.6. The van der Waals surface area contributed by atoms with Crippen molar-refractivity contribution in [3.63, 3.8) is 0 Å². The Morgan fingerprint density at radius 1 is 0.931 bits per heavy atom. The van der Waals surface area contributed by atoms with Crippen molar-refractivity contribution in [1.29, 1.82) is 0 Å². The highest BCUT2D eigenvalue weighted by Crippen LogP contribution is 2.55. The number of hydrogen-bond acceptors (Lipinski definition) is 4. The zero-order valence-electron chi connectivity index (χ0n) is 17.5. The number of rotatable bonds is 3. The molecule has 0 spiro atoms. The van der Waals surface area contributed by atoms with Crippen LogP contribution in [0.2, 0.25) is 0 Å². The molecule has 6 nitrogen and oxygen atoms in total. The molecule has 29 heavy (non-hydrogen) atoms. The van der Waals surface area contributed by atoms with E-state index in [1.807, 2.05) is 0 Å². The van der Waals surface area contributed by atoms with Crippen LogP contribution in [0.25, 0.3) is 0 Å². The summed E-state index contributed by atoms with van der Waals surface area (Å²) >= 11 is 0. The van der Waals surface area contributed by atoms with Gasteiger partial charge in [-0.15, -0.1) is 0 Å². The first kappa shape index (κ1) is 18.9. The first-order valence-corrected chi connectivity index (χ1v) is 12.2. The molecule has 4 saturated carbocycles. The van der Waals surface area contributed by atoms with E-state index in [9.17, 15) is 9.90 Å². The van der Waals surface area contributed by atoms with Crippen LogP contribution in [-0.4, -0.2) is 65.1 Å². The fraction of sp³-hybridized carbons (Fsp3) is 0.957. The van der Waals surface area contributed by atoms with Crippen molar-refractivity contribution in [3.8, 4) is 0 Å². The lowest BCUT2D eigenvalue weighted by molar-refractivity contribution is -0.137. The van der Waals surface area contributed by atoms with E-state index in [4.69, 9.17) is 4.74 Å². The second kappa shape index (κ2) is 7.10. The van der Waals surface area contributed by atoms with E-state index >= 15 is 0 Å². The van der Waals surface area contributed by atoms with Crippen molar-refractivity contribution in [2.24, 2.45) is 17.8 Å². The molecular formula is C23H37N3O3. The topological polar surface area (TPSA) is 73.8 Å². The van der Waals surface area contributed by atoms with Gasteiger partial charge in [-0.1, -0.05) is 0 Å². The fourth-order valence-corrected chi connectivity index (χ4v) is 8.21. The van der Waals surface area contributed by atoms with Crippen molar-refractivity contribution >= 4 is 6.03 Å². The van der Waals surface area contributed by atoms with Crippen LogP contribution in [0.3, 0.4) is 0 Å². The highest BCUT2D eigenvalue weighted by Gasteiger charge is 2.55. The lowest BCUT2D eigenvalue weighted by Crippen LogP contribution is -2.64. The van der Waals surface area contributed by atoms with Gasteiger partial charge in [0.15, 0.2) is 0 Å². The molecule has 2 amide bonds. The second-order valence-corrected chi connectivity index (χ2v) is 11.1. The predicted molar refractivity (Wildman–Crippen MR) is 109 cm³/mol. The normalized spacial score (nSPS) is 48.9. The van der Waals surface area contributed by atoms with Crippen LogP contribution in [0, 0.1) is 17.8 Å². The molecule has 7 rings (SSSR count). The van der Waals surface area contributed by atoms with Crippen LogP contribution in [-0.2, 0) is 4.74 Å². The smallest absolute Gasteiger partial charge is 0.318 e.